The SMILES string of the molecule is CC(C)(C)C[C@@H]1N[C@@H](C(=O)N[C@H]2C[C@@](C)(O)C2)[C@H](c2cccc(F)c2F)[C@]12C(=O)Nc1c2ccc(Cl)c1F. The van der Waals surface area contributed by atoms with Gasteiger partial charge in [-0.3, -0.25) is 9.59 Å². The van der Waals surface area contributed by atoms with Crippen LogP contribution in [0.25, 0.3) is 0 Å². The van der Waals surface area contributed by atoms with Gasteiger partial charge in [0.1, 0.15) is 5.41 Å². The molecular formula is C28H31ClF3N3O3. The van der Waals surface area contributed by atoms with Crippen molar-refractivity contribution < 1.29 is 27.9 Å². The number of hydrogen-bond donors (Lipinski definition) is 4. The first-order valence-electron chi connectivity index (χ1n) is 12.7. The smallest absolute Gasteiger partial charge is 0.238 e. The molecule has 2 fully saturated rings. The molecule has 1 saturated heterocycles. The second kappa shape index (κ2) is 8.96. The summed E-state index contributed by atoms with van der Waals surface area (Å²) >= 11 is 6.02. The topological polar surface area (TPSA) is 90.5 Å². The molecule has 2 heterocycles. The van der Waals surface area contributed by atoms with E-state index in [0.717, 1.165) is 6.07 Å². The number of carbonyl (C=O) groups excluding carboxylic acids is 2. The Labute approximate surface area is 224 Å². The quantitative estimate of drug-likeness (QED) is 0.451. The molecule has 38 heavy (non-hydrogen) atoms. The minimum absolute atomic E-state index is 0.124. The van der Waals surface area contributed by atoms with Crippen LogP contribution < -0.4 is 16.0 Å². The van der Waals surface area contributed by atoms with Crippen molar-refractivity contribution in [3.63, 3.8) is 0 Å². The van der Waals surface area contributed by atoms with Crippen molar-refractivity contribution in [3.8, 4) is 0 Å². The predicted octanol–water partition coefficient (Wildman–Crippen LogP) is 4.54. The Morgan fingerprint density at radius 3 is 2.47 bits per heavy atom. The number of rotatable bonds is 4. The summed E-state index contributed by atoms with van der Waals surface area (Å²) in [6.45, 7) is 7.54. The van der Waals surface area contributed by atoms with Crippen LogP contribution in [0.5, 0.6) is 0 Å². The molecule has 0 unspecified atom stereocenters. The molecule has 4 atom stereocenters. The minimum atomic E-state index is -1.64. The Morgan fingerprint density at radius 2 is 1.84 bits per heavy atom. The molecule has 10 heteroatoms. The van der Waals surface area contributed by atoms with Crippen molar-refractivity contribution in [3.05, 3.63) is 63.9 Å². The molecule has 2 aromatic carbocycles. The monoisotopic (exact) mass is 549 g/mol. The summed E-state index contributed by atoms with van der Waals surface area (Å²) < 4.78 is 45.3. The van der Waals surface area contributed by atoms with Gasteiger partial charge in [-0.2, -0.15) is 0 Å². The lowest BCUT2D eigenvalue weighted by atomic mass is 9.62. The normalized spacial score (nSPS) is 32.2. The molecule has 1 aliphatic carbocycles. The van der Waals surface area contributed by atoms with Gasteiger partial charge in [-0.05, 0) is 54.9 Å². The van der Waals surface area contributed by atoms with Gasteiger partial charge in [0.05, 0.1) is 22.4 Å². The van der Waals surface area contributed by atoms with E-state index in [0.29, 0.717) is 19.3 Å². The van der Waals surface area contributed by atoms with Crippen molar-refractivity contribution in [1.29, 1.82) is 0 Å². The highest BCUT2D eigenvalue weighted by Crippen LogP contribution is 2.57. The average molecular weight is 550 g/mol. The Bertz CT molecular complexity index is 1320. The molecule has 204 valence electrons. The van der Waals surface area contributed by atoms with Crippen LogP contribution in [0.4, 0.5) is 18.9 Å². The van der Waals surface area contributed by atoms with E-state index in [2.05, 4.69) is 16.0 Å². The van der Waals surface area contributed by atoms with Gasteiger partial charge in [-0.1, -0.05) is 50.6 Å². The molecule has 6 nitrogen and oxygen atoms in total. The van der Waals surface area contributed by atoms with Crippen molar-refractivity contribution in [1.82, 2.24) is 10.6 Å². The van der Waals surface area contributed by atoms with E-state index in [1.54, 1.807) is 6.92 Å². The molecular weight excluding hydrogens is 519 g/mol. The van der Waals surface area contributed by atoms with E-state index in [1.807, 2.05) is 20.8 Å². The maximum absolute atomic E-state index is 15.5. The van der Waals surface area contributed by atoms with Crippen molar-refractivity contribution in [2.45, 2.75) is 82.0 Å². The van der Waals surface area contributed by atoms with E-state index in [1.165, 1.54) is 24.3 Å². The average Bonchev–Trinajstić information content (AvgIpc) is 3.27. The van der Waals surface area contributed by atoms with Crippen LogP contribution in [-0.4, -0.2) is 40.6 Å². The third-order valence-electron chi connectivity index (χ3n) is 8.04. The molecule has 5 rings (SSSR count). The number of hydrogen-bond acceptors (Lipinski definition) is 4. The number of fused-ring (bicyclic) bond motifs is 2. The molecule has 0 bridgehead atoms. The van der Waals surface area contributed by atoms with E-state index >= 15 is 8.78 Å². The van der Waals surface area contributed by atoms with E-state index < -0.39 is 58.3 Å². The number of anilines is 1. The van der Waals surface area contributed by atoms with Crippen molar-refractivity contribution in [2.24, 2.45) is 5.41 Å². The zero-order valence-corrected chi connectivity index (χ0v) is 22.3. The van der Waals surface area contributed by atoms with Gasteiger partial charge in [0.25, 0.3) is 0 Å². The lowest BCUT2D eigenvalue weighted by molar-refractivity contribution is -0.127. The summed E-state index contributed by atoms with van der Waals surface area (Å²) in [7, 11) is 0. The number of nitrogens with one attached hydrogen (secondary N) is 3. The highest BCUT2D eigenvalue weighted by molar-refractivity contribution is 6.31. The third kappa shape index (κ3) is 4.19. The van der Waals surface area contributed by atoms with Crippen LogP contribution in [0.3, 0.4) is 0 Å². The molecule has 3 aliphatic rings. The van der Waals surface area contributed by atoms with Gasteiger partial charge in [-0.15, -0.1) is 0 Å². The van der Waals surface area contributed by atoms with Crippen LogP contribution in [0.2, 0.25) is 5.02 Å². The maximum Gasteiger partial charge on any atom is 0.238 e. The molecule has 1 spiro atoms. The Kier molecular flexibility index (Phi) is 6.36. The molecule has 1 saturated carbocycles. The van der Waals surface area contributed by atoms with Crippen LogP contribution in [0, 0.1) is 22.9 Å². The highest BCUT2D eigenvalue weighted by Gasteiger charge is 2.66. The third-order valence-corrected chi connectivity index (χ3v) is 8.34. The largest absolute Gasteiger partial charge is 0.390 e. The standard InChI is InChI=1S/C28H31ClF3N3O3/c1-26(2,3)12-18-28(15-8-9-16(29)21(32)22(15)35-25(28)37)19(14-6-5-7-17(30)20(14)31)23(34-18)24(36)33-13-10-27(4,38)11-13/h5-9,13,18-19,23,34,38H,10-12H2,1-4H3,(H,33,36)(H,35,37)/t13-,18-,19-,23+,27+,28+/m0/s1. The fourth-order valence-electron chi connectivity index (χ4n) is 6.58. The molecule has 2 aliphatic heterocycles. The first kappa shape index (κ1) is 27.0. The number of carbonyl (C=O) groups is 2. The fraction of sp³-hybridized carbons (Fsp3) is 0.500. The number of halogens is 4. The molecule has 4 N–H and O–H groups in total. The Hall–Kier alpha value is -2.62. The minimum Gasteiger partial charge on any atom is -0.390 e. The van der Waals surface area contributed by atoms with Gasteiger partial charge >= 0.3 is 0 Å². The van der Waals surface area contributed by atoms with E-state index in [-0.39, 0.29) is 33.3 Å². The summed E-state index contributed by atoms with van der Waals surface area (Å²) in [5.74, 6) is -5.46. The zero-order valence-electron chi connectivity index (χ0n) is 21.6. The first-order valence-corrected chi connectivity index (χ1v) is 13.1. The second-order valence-electron chi connectivity index (χ2n) is 12.3. The molecule has 2 amide bonds. The maximum atomic E-state index is 15.5. The molecule has 2 aromatic rings. The van der Waals surface area contributed by atoms with Crippen LogP contribution in [0.1, 0.15) is 64.0 Å². The fourth-order valence-corrected chi connectivity index (χ4v) is 6.73. The van der Waals surface area contributed by atoms with Crippen molar-refractivity contribution in [2.75, 3.05) is 5.32 Å². The summed E-state index contributed by atoms with van der Waals surface area (Å²) in [6, 6.07) is 4.30. The second-order valence-corrected chi connectivity index (χ2v) is 12.7. The van der Waals surface area contributed by atoms with Crippen LogP contribution >= 0.6 is 11.6 Å². The zero-order chi connectivity index (χ0) is 27.8. The highest BCUT2D eigenvalue weighted by atomic mass is 35.5. The lowest BCUT2D eigenvalue weighted by Crippen LogP contribution is -2.57. The van der Waals surface area contributed by atoms with E-state index in [9.17, 15) is 19.1 Å². The summed E-state index contributed by atoms with van der Waals surface area (Å²) in [6.07, 6.45) is 1.04. The van der Waals surface area contributed by atoms with Crippen molar-refractivity contribution >= 4 is 29.1 Å². The van der Waals surface area contributed by atoms with Gasteiger partial charge in [0.2, 0.25) is 11.8 Å². The lowest BCUT2D eigenvalue weighted by Gasteiger charge is -2.42. The predicted molar refractivity (Wildman–Crippen MR) is 137 cm³/mol. The summed E-state index contributed by atoms with van der Waals surface area (Å²) in [4.78, 5) is 27.7. The molecule has 0 radical (unpaired) electrons. The Morgan fingerprint density at radius 1 is 1.16 bits per heavy atom. The van der Waals surface area contributed by atoms with E-state index in [4.69, 9.17) is 11.6 Å². The molecule has 0 aromatic heterocycles. The van der Waals surface area contributed by atoms with Gasteiger partial charge < -0.3 is 21.1 Å². The number of benzene rings is 2. The summed E-state index contributed by atoms with van der Waals surface area (Å²) in [5.41, 5.74) is -2.94. The number of aliphatic hydroxyl groups is 1. The van der Waals surface area contributed by atoms with Crippen LogP contribution in [0.15, 0.2) is 30.3 Å². The first-order chi connectivity index (χ1) is 17.7. The Balaban J connectivity index is 1.71. The summed E-state index contributed by atoms with van der Waals surface area (Å²) in [5, 5.41) is 18.7. The van der Waals surface area contributed by atoms with Gasteiger partial charge in [0, 0.05) is 18.0 Å². The van der Waals surface area contributed by atoms with Gasteiger partial charge in [-0.25, -0.2) is 13.2 Å². The van der Waals surface area contributed by atoms with Crippen LogP contribution in [-0.2, 0) is 15.0 Å². The number of amides is 2. The van der Waals surface area contributed by atoms with Gasteiger partial charge in [0.15, 0.2) is 17.5 Å².